The highest BCUT2D eigenvalue weighted by Gasteiger charge is 2.05. The molecule has 2 aromatic heterocycles. The molecule has 6 heteroatoms. The molecule has 5 nitrogen and oxygen atoms in total. The standard InChI is InChI=1S/C13H12N4OS/c1-18-10-2-3-11-12(6-10)19-13(17-11)15-7-9-4-5-14-8-16-9/h2-6,8H,7H2,1H3,(H,15,17). The maximum Gasteiger partial charge on any atom is 0.184 e. The molecule has 1 aromatic carbocycles. The molecule has 0 aliphatic heterocycles. The topological polar surface area (TPSA) is 59.9 Å². The SMILES string of the molecule is COc1ccc2nc(NCc3ccncn3)sc2c1. The summed E-state index contributed by atoms with van der Waals surface area (Å²) in [5.41, 5.74) is 1.91. The van der Waals surface area contributed by atoms with Gasteiger partial charge in [0.2, 0.25) is 0 Å². The van der Waals surface area contributed by atoms with Crippen LogP contribution in [0.4, 0.5) is 5.13 Å². The molecule has 0 saturated carbocycles. The minimum absolute atomic E-state index is 0.638. The monoisotopic (exact) mass is 272 g/mol. The van der Waals surface area contributed by atoms with Crippen LogP contribution in [0.2, 0.25) is 0 Å². The molecule has 0 unspecified atom stereocenters. The number of hydrogen-bond acceptors (Lipinski definition) is 6. The summed E-state index contributed by atoms with van der Waals surface area (Å²) in [7, 11) is 1.66. The van der Waals surface area contributed by atoms with Crippen molar-refractivity contribution in [1.29, 1.82) is 0 Å². The Bertz CT molecular complexity index is 683. The van der Waals surface area contributed by atoms with Gasteiger partial charge in [-0.05, 0) is 24.3 Å². The second-order valence-corrected chi connectivity index (χ2v) is 4.94. The first kappa shape index (κ1) is 11.9. The number of nitrogens with zero attached hydrogens (tertiary/aromatic N) is 3. The van der Waals surface area contributed by atoms with Gasteiger partial charge in [0.15, 0.2) is 5.13 Å². The van der Waals surface area contributed by atoms with Gasteiger partial charge < -0.3 is 10.1 Å². The van der Waals surface area contributed by atoms with E-state index in [1.807, 2.05) is 24.3 Å². The third-order valence-corrected chi connectivity index (χ3v) is 3.64. The van der Waals surface area contributed by atoms with Gasteiger partial charge in [0.25, 0.3) is 0 Å². The first-order valence-corrected chi connectivity index (χ1v) is 6.60. The van der Waals surface area contributed by atoms with E-state index in [1.54, 1.807) is 31.0 Å². The lowest BCUT2D eigenvalue weighted by molar-refractivity contribution is 0.415. The van der Waals surface area contributed by atoms with Gasteiger partial charge in [0.1, 0.15) is 12.1 Å². The largest absolute Gasteiger partial charge is 0.497 e. The molecule has 0 saturated heterocycles. The van der Waals surface area contributed by atoms with Crippen LogP contribution in [-0.2, 0) is 6.54 Å². The summed E-state index contributed by atoms with van der Waals surface area (Å²) in [5.74, 6) is 0.846. The zero-order chi connectivity index (χ0) is 13.1. The summed E-state index contributed by atoms with van der Waals surface area (Å²) >= 11 is 1.60. The van der Waals surface area contributed by atoms with Crippen LogP contribution in [0.15, 0.2) is 36.8 Å². The number of hydrogen-bond donors (Lipinski definition) is 1. The molecular formula is C13H12N4OS. The van der Waals surface area contributed by atoms with E-state index in [2.05, 4.69) is 20.3 Å². The normalized spacial score (nSPS) is 10.6. The molecule has 96 valence electrons. The van der Waals surface area contributed by atoms with Gasteiger partial charge in [-0.3, -0.25) is 0 Å². The number of nitrogens with one attached hydrogen (secondary N) is 1. The van der Waals surface area contributed by atoms with E-state index in [9.17, 15) is 0 Å². The van der Waals surface area contributed by atoms with E-state index in [0.29, 0.717) is 6.54 Å². The zero-order valence-electron chi connectivity index (χ0n) is 10.3. The Balaban J connectivity index is 1.78. The van der Waals surface area contributed by atoms with Gasteiger partial charge in [0, 0.05) is 6.20 Å². The van der Waals surface area contributed by atoms with E-state index >= 15 is 0 Å². The third-order valence-electron chi connectivity index (χ3n) is 2.66. The molecule has 3 aromatic rings. The molecule has 1 N–H and O–H groups in total. The van der Waals surface area contributed by atoms with Crippen LogP contribution in [0.25, 0.3) is 10.2 Å². The number of benzene rings is 1. The summed E-state index contributed by atoms with van der Waals surface area (Å²) in [4.78, 5) is 12.6. The predicted molar refractivity (Wildman–Crippen MR) is 75.5 cm³/mol. The van der Waals surface area contributed by atoms with Crippen LogP contribution in [0, 0.1) is 0 Å². The molecule has 0 aliphatic rings. The third kappa shape index (κ3) is 2.63. The van der Waals surface area contributed by atoms with Gasteiger partial charge in [-0.2, -0.15) is 0 Å². The van der Waals surface area contributed by atoms with Gasteiger partial charge in [-0.25, -0.2) is 15.0 Å². The van der Waals surface area contributed by atoms with Crippen molar-refractivity contribution in [2.45, 2.75) is 6.54 Å². The van der Waals surface area contributed by atoms with Crippen molar-refractivity contribution < 1.29 is 4.74 Å². The van der Waals surface area contributed by atoms with Crippen molar-refractivity contribution in [3.8, 4) is 5.75 Å². The van der Waals surface area contributed by atoms with E-state index in [4.69, 9.17) is 4.74 Å². The quantitative estimate of drug-likeness (QED) is 0.791. The summed E-state index contributed by atoms with van der Waals surface area (Å²) in [6, 6.07) is 7.74. The van der Waals surface area contributed by atoms with Crippen LogP contribution in [0.3, 0.4) is 0 Å². The fraction of sp³-hybridized carbons (Fsp3) is 0.154. The van der Waals surface area contributed by atoms with E-state index in [1.165, 1.54) is 0 Å². The first-order chi connectivity index (χ1) is 9.35. The maximum atomic E-state index is 5.20. The van der Waals surface area contributed by atoms with Crippen molar-refractivity contribution in [3.63, 3.8) is 0 Å². The predicted octanol–water partition coefficient (Wildman–Crippen LogP) is 2.71. The first-order valence-electron chi connectivity index (χ1n) is 5.78. The van der Waals surface area contributed by atoms with Crippen LogP contribution >= 0.6 is 11.3 Å². The molecule has 0 fully saturated rings. The lowest BCUT2D eigenvalue weighted by Gasteiger charge is -2.00. The fourth-order valence-electron chi connectivity index (χ4n) is 1.70. The zero-order valence-corrected chi connectivity index (χ0v) is 11.1. The van der Waals surface area contributed by atoms with Crippen LogP contribution in [0.1, 0.15) is 5.69 Å². The summed E-state index contributed by atoms with van der Waals surface area (Å²) < 4.78 is 6.30. The number of fused-ring (bicyclic) bond motifs is 1. The summed E-state index contributed by atoms with van der Waals surface area (Å²) in [6.07, 6.45) is 3.27. The Labute approximate surface area is 114 Å². The van der Waals surface area contributed by atoms with Crippen LogP contribution < -0.4 is 10.1 Å². The van der Waals surface area contributed by atoms with E-state index in [-0.39, 0.29) is 0 Å². The average molecular weight is 272 g/mol. The molecule has 0 radical (unpaired) electrons. The Morgan fingerprint density at radius 1 is 1.32 bits per heavy atom. The Morgan fingerprint density at radius 2 is 2.26 bits per heavy atom. The maximum absolute atomic E-state index is 5.20. The molecule has 0 atom stereocenters. The summed E-state index contributed by atoms with van der Waals surface area (Å²) in [6.45, 7) is 0.638. The molecule has 0 amide bonds. The highest BCUT2D eigenvalue weighted by molar-refractivity contribution is 7.22. The smallest absolute Gasteiger partial charge is 0.184 e. The number of anilines is 1. The number of methoxy groups -OCH3 is 1. The van der Waals surface area contributed by atoms with Gasteiger partial charge in [-0.15, -0.1) is 0 Å². The fourth-order valence-corrected chi connectivity index (χ4v) is 2.59. The minimum atomic E-state index is 0.638. The van der Waals surface area contributed by atoms with Crippen molar-refractivity contribution in [1.82, 2.24) is 15.0 Å². The van der Waals surface area contributed by atoms with E-state index in [0.717, 1.165) is 26.8 Å². The molecule has 0 aliphatic carbocycles. The van der Waals surface area contributed by atoms with Crippen LogP contribution in [0.5, 0.6) is 5.75 Å². The molecular weight excluding hydrogens is 260 g/mol. The van der Waals surface area contributed by atoms with Crippen molar-refractivity contribution in [3.05, 3.63) is 42.5 Å². The second kappa shape index (κ2) is 5.19. The lowest BCUT2D eigenvalue weighted by Crippen LogP contribution is -2.00. The van der Waals surface area contributed by atoms with Crippen LogP contribution in [-0.4, -0.2) is 22.1 Å². The highest BCUT2D eigenvalue weighted by Crippen LogP contribution is 2.29. The second-order valence-electron chi connectivity index (χ2n) is 3.91. The van der Waals surface area contributed by atoms with Crippen molar-refractivity contribution in [2.75, 3.05) is 12.4 Å². The molecule has 0 spiro atoms. The highest BCUT2D eigenvalue weighted by atomic mass is 32.1. The van der Waals surface area contributed by atoms with Gasteiger partial charge in [-0.1, -0.05) is 11.3 Å². The Morgan fingerprint density at radius 3 is 3.05 bits per heavy atom. The lowest BCUT2D eigenvalue weighted by atomic mass is 10.3. The van der Waals surface area contributed by atoms with Crippen molar-refractivity contribution >= 4 is 26.7 Å². The minimum Gasteiger partial charge on any atom is -0.497 e. The summed E-state index contributed by atoms with van der Waals surface area (Å²) in [5, 5.41) is 4.14. The number of rotatable bonds is 4. The molecule has 2 heterocycles. The van der Waals surface area contributed by atoms with Gasteiger partial charge >= 0.3 is 0 Å². The molecule has 3 rings (SSSR count). The Kier molecular flexibility index (Phi) is 3.24. The number of aromatic nitrogens is 3. The van der Waals surface area contributed by atoms with Crippen molar-refractivity contribution in [2.24, 2.45) is 0 Å². The number of thiazole rings is 1. The molecule has 0 bridgehead atoms. The van der Waals surface area contributed by atoms with E-state index < -0.39 is 0 Å². The average Bonchev–Trinajstić information content (AvgIpc) is 2.88. The number of ether oxygens (including phenoxy) is 1. The molecule has 19 heavy (non-hydrogen) atoms. The Hall–Kier alpha value is -2.21. The van der Waals surface area contributed by atoms with Gasteiger partial charge in [0.05, 0.1) is 29.6 Å².